The van der Waals surface area contributed by atoms with Crippen molar-refractivity contribution in [2.45, 2.75) is 31.2 Å². The molecule has 0 saturated carbocycles. The molecule has 28 heavy (non-hydrogen) atoms. The Kier molecular flexibility index (Phi) is 6.36. The Hall–Kier alpha value is -2.80. The summed E-state index contributed by atoms with van der Waals surface area (Å²) in [5.74, 6) is 1.21. The van der Waals surface area contributed by atoms with Crippen LogP contribution in [0.5, 0.6) is 5.75 Å². The standard InChI is InChI=1S/C21H23N3O3S/c1-5-27-18-11-9-17(10-12-18)24-19(16-8-6-7-14(2)13-16)22-23-21(24)28-15(3)20(25)26-4/h6-13,15H,5H2,1-4H3. The number of thioether (sulfide) groups is 1. The van der Waals surface area contributed by atoms with Crippen LogP contribution in [-0.4, -0.2) is 39.7 Å². The second kappa shape index (κ2) is 8.93. The predicted molar refractivity (Wildman–Crippen MR) is 110 cm³/mol. The molecule has 0 aliphatic heterocycles. The van der Waals surface area contributed by atoms with Gasteiger partial charge in [-0.15, -0.1) is 10.2 Å². The molecular formula is C21H23N3O3S. The normalized spacial score (nSPS) is 11.9. The summed E-state index contributed by atoms with van der Waals surface area (Å²) < 4.78 is 12.3. The molecular weight excluding hydrogens is 374 g/mol. The highest BCUT2D eigenvalue weighted by Crippen LogP contribution is 2.31. The number of carbonyl (C=O) groups excluding carboxylic acids is 1. The molecule has 1 unspecified atom stereocenters. The number of benzene rings is 2. The summed E-state index contributed by atoms with van der Waals surface area (Å²) in [7, 11) is 1.38. The second-order valence-corrected chi connectivity index (χ2v) is 7.53. The SMILES string of the molecule is CCOc1ccc(-n2c(SC(C)C(=O)OC)nnc2-c2cccc(C)c2)cc1. The Morgan fingerprint density at radius 3 is 2.57 bits per heavy atom. The third-order valence-electron chi connectivity index (χ3n) is 4.13. The van der Waals surface area contributed by atoms with Gasteiger partial charge in [0.05, 0.1) is 13.7 Å². The zero-order valence-corrected chi connectivity index (χ0v) is 17.2. The van der Waals surface area contributed by atoms with Crippen molar-refractivity contribution in [1.29, 1.82) is 0 Å². The molecule has 3 rings (SSSR count). The van der Waals surface area contributed by atoms with Crippen molar-refractivity contribution >= 4 is 17.7 Å². The molecule has 0 aliphatic carbocycles. The zero-order chi connectivity index (χ0) is 20.1. The molecule has 146 valence electrons. The van der Waals surface area contributed by atoms with Gasteiger partial charge in [-0.1, -0.05) is 35.5 Å². The van der Waals surface area contributed by atoms with Gasteiger partial charge < -0.3 is 9.47 Å². The van der Waals surface area contributed by atoms with Crippen LogP contribution in [0.2, 0.25) is 0 Å². The highest BCUT2D eigenvalue weighted by molar-refractivity contribution is 8.00. The third-order valence-corrected chi connectivity index (χ3v) is 5.15. The molecule has 0 fully saturated rings. The van der Waals surface area contributed by atoms with Gasteiger partial charge in [0.15, 0.2) is 11.0 Å². The van der Waals surface area contributed by atoms with Crippen LogP contribution >= 0.6 is 11.8 Å². The van der Waals surface area contributed by atoms with Gasteiger partial charge in [-0.05, 0) is 51.1 Å². The van der Waals surface area contributed by atoms with E-state index in [1.54, 1.807) is 6.92 Å². The number of carbonyl (C=O) groups is 1. The van der Waals surface area contributed by atoms with Crippen LogP contribution < -0.4 is 4.74 Å². The quantitative estimate of drug-likeness (QED) is 0.438. The number of aryl methyl sites for hydroxylation is 1. The van der Waals surface area contributed by atoms with Crippen molar-refractivity contribution in [2.24, 2.45) is 0 Å². The Balaban J connectivity index is 2.07. The van der Waals surface area contributed by atoms with E-state index in [1.165, 1.54) is 18.9 Å². The van der Waals surface area contributed by atoms with E-state index >= 15 is 0 Å². The van der Waals surface area contributed by atoms with Crippen LogP contribution in [0.4, 0.5) is 0 Å². The van der Waals surface area contributed by atoms with Gasteiger partial charge in [-0.3, -0.25) is 9.36 Å². The smallest absolute Gasteiger partial charge is 0.318 e. The van der Waals surface area contributed by atoms with Crippen LogP contribution in [0.15, 0.2) is 53.7 Å². The van der Waals surface area contributed by atoms with Crippen molar-refractivity contribution in [2.75, 3.05) is 13.7 Å². The number of aromatic nitrogens is 3. The lowest BCUT2D eigenvalue weighted by Crippen LogP contribution is -2.15. The highest BCUT2D eigenvalue weighted by atomic mass is 32.2. The van der Waals surface area contributed by atoms with E-state index in [2.05, 4.69) is 16.3 Å². The summed E-state index contributed by atoms with van der Waals surface area (Å²) in [4.78, 5) is 11.9. The fraction of sp³-hybridized carbons (Fsp3) is 0.286. The molecule has 0 radical (unpaired) electrons. The number of hydrogen-bond donors (Lipinski definition) is 0. The summed E-state index contributed by atoms with van der Waals surface area (Å²) in [5, 5.41) is 8.98. The second-order valence-electron chi connectivity index (χ2n) is 6.22. The monoisotopic (exact) mass is 397 g/mol. The molecule has 0 saturated heterocycles. The van der Waals surface area contributed by atoms with Gasteiger partial charge in [0.1, 0.15) is 11.0 Å². The van der Waals surface area contributed by atoms with Gasteiger partial charge in [-0.25, -0.2) is 0 Å². The Morgan fingerprint density at radius 1 is 1.18 bits per heavy atom. The van der Waals surface area contributed by atoms with Crippen molar-refractivity contribution in [3.63, 3.8) is 0 Å². The van der Waals surface area contributed by atoms with Gasteiger partial charge in [0.2, 0.25) is 0 Å². The van der Waals surface area contributed by atoms with Crippen LogP contribution in [0.3, 0.4) is 0 Å². The fourth-order valence-corrected chi connectivity index (χ4v) is 3.67. The van der Waals surface area contributed by atoms with E-state index in [9.17, 15) is 4.79 Å². The summed E-state index contributed by atoms with van der Waals surface area (Å²) in [5.41, 5.74) is 2.99. The lowest BCUT2D eigenvalue weighted by molar-refractivity contribution is -0.139. The molecule has 2 aromatic carbocycles. The topological polar surface area (TPSA) is 66.2 Å². The molecule has 0 spiro atoms. The molecule has 1 atom stereocenters. The van der Waals surface area contributed by atoms with Crippen molar-refractivity contribution in [1.82, 2.24) is 14.8 Å². The number of esters is 1. The van der Waals surface area contributed by atoms with Crippen LogP contribution in [0.1, 0.15) is 19.4 Å². The molecule has 7 heteroatoms. The van der Waals surface area contributed by atoms with Gasteiger partial charge in [0, 0.05) is 11.3 Å². The molecule has 1 heterocycles. The molecule has 0 amide bonds. The maximum Gasteiger partial charge on any atom is 0.318 e. The van der Waals surface area contributed by atoms with E-state index < -0.39 is 5.25 Å². The average molecular weight is 398 g/mol. The number of methoxy groups -OCH3 is 1. The largest absolute Gasteiger partial charge is 0.494 e. The highest BCUT2D eigenvalue weighted by Gasteiger charge is 2.22. The minimum atomic E-state index is -0.402. The Bertz CT molecular complexity index is 954. The Morgan fingerprint density at radius 2 is 1.93 bits per heavy atom. The summed E-state index contributed by atoms with van der Waals surface area (Å²) in [6, 6.07) is 15.8. The maximum atomic E-state index is 11.9. The van der Waals surface area contributed by atoms with Crippen molar-refractivity contribution < 1.29 is 14.3 Å². The summed E-state index contributed by atoms with van der Waals surface area (Å²) >= 11 is 1.32. The molecule has 6 nitrogen and oxygen atoms in total. The van der Waals surface area contributed by atoms with Crippen molar-refractivity contribution in [3.05, 3.63) is 54.1 Å². The maximum absolute atomic E-state index is 11.9. The van der Waals surface area contributed by atoms with E-state index in [0.29, 0.717) is 17.6 Å². The van der Waals surface area contributed by atoms with Gasteiger partial charge >= 0.3 is 5.97 Å². The first-order valence-electron chi connectivity index (χ1n) is 9.03. The Labute approximate surface area is 168 Å². The van der Waals surface area contributed by atoms with Crippen LogP contribution in [-0.2, 0) is 9.53 Å². The lowest BCUT2D eigenvalue weighted by Gasteiger charge is -2.13. The molecule has 0 bridgehead atoms. The first-order valence-corrected chi connectivity index (χ1v) is 9.91. The first-order chi connectivity index (χ1) is 13.5. The molecule has 3 aromatic rings. The van der Waals surface area contributed by atoms with E-state index in [4.69, 9.17) is 9.47 Å². The molecule has 1 aromatic heterocycles. The summed E-state index contributed by atoms with van der Waals surface area (Å²) in [6.45, 7) is 6.39. The number of rotatable bonds is 7. The minimum absolute atomic E-state index is 0.302. The van der Waals surface area contributed by atoms with E-state index in [-0.39, 0.29) is 5.97 Å². The summed E-state index contributed by atoms with van der Waals surface area (Å²) in [6.07, 6.45) is 0. The van der Waals surface area contributed by atoms with E-state index in [1.807, 2.05) is 60.9 Å². The molecule has 0 aliphatic rings. The van der Waals surface area contributed by atoms with Crippen LogP contribution in [0, 0.1) is 6.92 Å². The van der Waals surface area contributed by atoms with Crippen molar-refractivity contribution in [3.8, 4) is 22.8 Å². The van der Waals surface area contributed by atoms with E-state index in [0.717, 1.165) is 22.6 Å². The average Bonchev–Trinajstić information content (AvgIpc) is 3.11. The third kappa shape index (κ3) is 4.36. The predicted octanol–water partition coefficient (Wildman–Crippen LogP) is 4.30. The number of ether oxygens (including phenoxy) is 2. The van der Waals surface area contributed by atoms with Gasteiger partial charge in [-0.2, -0.15) is 0 Å². The number of nitrogens with zero attached hydrogens (tertiary/aromatic N) is 3. The number of hydrogen-bond acceptors (Lipinski definition) is 6. The minimum Gasteiger partial charge on any atom is -0.494 e. The first kappa shape index (κ1) is 19.9. The lowest BCUT2D eigenvalue weighted by atomic mass is 10.1. The van der Waals surface area contributed by atoms with Crippen LogP contribution in [0.25, 0.3) is 17.1 Å². The zero-order valence-electron chi connectivity index (χ0n) is 16.4. The van der Waals surface area contributed by atoms with Gasteiger partial charge in [0.25, 0.3) is 0 Å². The molecule has 0 N–H and O–H groups in total. The fourth-order valence-electron chi connectivity index (χ4n) is 2.78.